The molecule has 1 aliphatic rings. The van der Waals surface area contributed by atoms with Crippen molar-refractivity contribution < 1.29 is 23.3 Å². The highest BCUT2D eigenvalue weighted by Gasteiger charge is 2.53. The number of nitrogens with one attached hydrogen (secondary N) is 1. The highest BCUT2D eigenvalue weighted by atomic mass is 32.2. The number of rotatable bonds is 6. The topological polar surface area (TPSA) is 124 Å². The monoisotopic (exact) mass is 383 g/mol. The number of hydrazone groups is 1. The molecule has 0 spiro atoms. The molecule has 1 unspecified atom stereocenters. The average Bonchev–Trinajstić information content (AvgIpc) is 2.87. The maximum absolute atomic E-state index is 12.6. The summed E-state index contributed by atoms with van der Waals surface area (Å²) in [6.07, 6.45) is 0. The Morgan fingerprint density at radius 2 is 1.92 bits per heavy atom. The van der Waals surface area contributed by atoms with Crippen molar-refractivity contribution in [2.45, 2.75) is 17.4 Å². The highest BCUT2D eigenvalue weighted by molar-refractivity contribution is 7.89. The lowest BCUT2D eigenvalue weighted by Gasteiger charge is -2.26. The Morgan fingerprint density at radius 1 is 1.35 bits per heavy atom. The van der Waals surface area contributed by atoms with Crippen molar-refractivity contribution in [3.63, 3.8) is 0 Å². The molecule has 2 rings (SSSR count). The van der Waals surface area contributed by atoms with Gasteiger partial charge in [0.1, 0.15) is 12.8 Å². The maximum Gasteiger partial charge on any atom is 0.277 e. The number of hydroxylamine groups is 1. The molecule has 0 saturated carbocycles. The van der Waals surface area contributed by atoms with E-state index in [4.69, 9.17) is 4.84 Å². The fourth-order valence-corrected chi connectivity index (χ4v) is 3.50. The molecule has 1 aromatic rings. The predicted molar refractivity (Wildman–Crippen MR) is 94.4 cm³/mol. The molecule has 11 heteroatoms. The third kappa shape index (κ3) is 2.98. The van der Waals surface area contributed by atoms with Crippen LogP contribution in [0.3, 0.4) is 0 Å². The molecule has 1 aliphatic heterocycles. The van der Waals surface area contributed by atoms with E-state index in [1.807, 2.05) is 5.48 Å². The summed E-state index contributed by atoms with van der Waals surface area (Å²) in [6.45, 7) is 1.50. The van der Waals surface area contributed by atoms with E-state index in [-0.39, 0.29) is 16.3 Å². The number of carbonyl (C=O) groups is 1. The molecule has 0 aliphatic carbocycles. The molecule has 10 nitrogen and oxygen atoms in total. The van der Waals surface area contributed by atoms with E-state index in [0.29, 0.717) is 5.56 Å². The summed E-state index contributed by atoms with van der Waals surface area (Å²) in [7, 11) is 2.03. The van der Waals surface area contributed by atoms with Crippen LogP contribution < -0.4 is 5.48 Å². The smallest absolute Gasteiger partial charge is 0.277 e. The number of nitrogens with zero attached hydrogens (tertiary/aromatic N) is 4. The van der Waals surface area contributed by atoms with Gasteiger partial charge in [0.05, 0.1) is 10.6 Å². The molecule has 26 heavy (non-hydrogen) atoms. The summed E-state index contributed by atoms with van der Waals surface area (Å²) >= 11 is 0. The lowest BCUT2D eigenvalue weighted by molar-refractivity contribution is -0.133. The van der Waals surface area contributed by atoms with Gasteiger partial charge in [-0.05, 0) is 19.1 Å². The molecule has 0 aromatic heterocycles. The first-order valence-corrected chi connectivity index (χ1v) is 8.96. The predicted octanol–water partition coefficient (Wildman–Crippen LogP) is -0.147. The summed E-state index contributed by atoms with van der Waals surface area (Å²) < 4.78 is 25.5. The molecule has 1 heterocycles. The fraction of sp³-hybridized carbons (Fsp3) is 0.400. The zero-order valence-electron chi connectivity index (χ0n) is 15.1. The van der Waals surface area contributed by atoms with E-state index in [1.165, 1.54) is 59.4 Å². The zero-order valence-corrected chi connectivity index (χ0v) is 15.9. The van der Waals surface area contributed by atoms with Gasteiger partial charge in [-0.3, -0.25) is 4.79 Å². The van der Waals surface area contributed by atoms with Crippen LogP contribution in [-0.4, -0.2) is 74.1 Å². The van der Waals surface area contributed by atoms with E-state index >= 15 is 0 Å². The largest absolute Gasteiger partial charge is 0.399 e. The van der Waals surface area contributed by atoms with Crippen LogP contribution in [0.1, 0.15) is 12.5 Å². The highest BCUT2D eigenvalue weighted by Crippen LogP contribution is 2.27. The van der Waals surface area contributed by atoms with Gasteiger partial charge in [0.15, 0.2) is 0 Å². The van der Waals surface area contributed by atoms with Gasteiger partial charge in [-0.2, -0.15) is 10.6 Å². The first kappa shape index (κ1) is 20.0. The molecule has 1 aromatic carbocycles. The number of benzene rings is 1. The Hall–Kier alpha value is -2.34. The first-order valence-electron chi connectivity index (χ1n) is 7.52. The first-order chi connectivity index (χ1) is 12.1. The van der Waals surface area contributed by atoms with E-state index in [9.17, 15) is 18.4 Å². The Morgan fingerprint density at radius 3 is 2.38 bits per heavy atom. The summed E-state index contributed by atoms with van der Waals surface area (Å²) in [4.78, 5) is 17.4. The standard InChI is InChI=1S/C15H21N5O5S/c1-10(17-25-5)15(18-22)13(16-20(4)14(15)21)11-6-8-12(9-7-11)26(23,24)19(2)3/h6-9,18,22H,1-5H3/b17-10+. The minimum absolute atomic E-state index is 0.0920. The fourth-order valence-electron chi connectivity index (χ4n) is 2.60. The Labute approximate surface area is 151 Å². The maximum atomic E-state index is 12.6. The summed E-state index contributed by atoms with van der Waals surface area (Å²) in [6, 6.07) is 5.82. The number of carbonyl (C=O) groups excluding carboxylic acids is 1. The molecule has 1 amide bonds. The van der Waals surface area contributed by atoms with Crippen molar-refractivity contribution in [1.29, 1.82) is 0 Å². The summed E-state index contributed by atoms with van der Waals surface area (Å²) in [5.41, 5.74) is 1.01. The summed E-state index contributed by atoms with van der Waals surface area (Å²) in [5.74, 6) is -0.557. The third-order valence-electron chi connectivity index (χ3n) is 4.06. The summed E-state index contributed by atoms with van der Waals surface area (Å²) in [5, 5.41) is 18.8. The minimum atomic E-state index is -3.59. The van der Waals surface area contributed by atoms with E-state index < -0.39 is 21.5 Å². The molecule has 0 radical (unpaired) electrons. The zero-order chi connectivity index (χ0) is 19.7. The lowest BCUT2D eigenvalue weighted by atomic mass is 9.85. The molecule has 1 atom stereocenters. The van der Waals surface area contributed by atoms with Crippen molar-refractivity contribution >= 4 is 27.4 Å². The van der Waals surface area contributed by atoms with E-state index in [0.717, 1.165) is 9.31 Å². The van der Waals surface area contributed by atoms with Gasteiger partial charge in [0.2, 0.25) is 15.6 Å². The van der Waals surface area contributed by atoms with Gasteiger partial charge in [-0.15, -0.1) is 0 Å². The molecular weight excluding hydrogens is 362 g/mol. The van der Waals surface area contributed by atoms with E-state index in [1.54, 1.807) is 0 Å². The number of oxime groups is 1. The number of amides is 1. The van der Waals surface area contributed by atoms with Gasteiger partial charge in [0, 0.05) is 26.7 Å². The SMILES string of the molecule is CO/N=C(\C)C1(NO)C(=O)N(C)N=C1c1ccc(S(=O)(=O)N(C)C)cc1. The van der Waals surface area contributed by atoms with Crippen LogP contribution in [0.5, 0.6) is 0 Å². The van der Waals surface area contributed by atoms with Gasteiger partial charge in [-0.1, -0.05) is 17.3 Å². The second kappa shape index (κ2) is 7.11. The normalized spacial score (nSPS) is 21.3. The second-order valence-corrected chi connectivity index (χ2v) is 7.96. The van der Waals surface area contributed by atoms with Crippen LogP contribution in [0.4, 0.5) is 0 Å². The lowest BCUT2D eigenvalue weighted by Crippen LogP contribution is -2.61. The van der Waals surface area contributed by atoms with Crippen LogP contribution in [0.2, 0.25) is 0 Å². The quantitative estimate of drug-likeness (QED) is 0.520. The van der Waals surface area contributed by atoms with Gasteiger partial charge < -0.3 is 10.0 Å². The number of hydrogen-bond acceptors (Lipinski definition) is 8. The van der Waals surface area contributed by atoms with Crippen molar-refractivity contribution in [2.24, 2.45) is 10.3 Å². The van der Waals surface area contributed by atoms with Crippen LogP contribution in [0.25, 0.3) is 0 Å². The minimum Gasteiger partial charge on any atom is -0.399 e. The molecule has 142 valence electrons. The van der Waals surface area contributed by atoms with Crippen LogP contribution in [0.15, 0.2) is 39.4 Å². The average molecular weight is 383 g/mol. The van der Waals surface area contributed by atoms with Crippen molar-refractivity contribution in [3.05, 3.63) is 29.8 Å². The van der Waals surface area contributed by atoms with Crippen LogP contribution >= 0.6 is 0 Å². The van der Waals surface area contributed by atoms with Crippen LogP contribution in [-0.2, 0) is 19.7 Å². The van der Waals surface area contributed by atoms with Gasteiger partial charge in [-0.25, -0.2) is 17.7 Å². The van der Waals surface area contributed by atoms with E-state index in [2.05, 4.69) is 10.3 Å². The van der Waals surface area contributed by atoms with Gasteiger partial charge >= 0.3 is 0 Å². The van der Waals surface area contributed by atoms with Crippen molar-refractivity contribution in [1.82, 2.24) is 14.8 Å². The number of likely N-dealkylation sites (N-methyl/N-ethyl adjacent to an activating group) is 1. The Balaban J connectivity index is 2.57. The van der Waals surface area contributed by atoms with Crippen molar-refractivity contribution in [3.8, 4) is 0 Å². The molecule has 0 saturated heterocycles. The Bertz CT molecular complexity index is 863. The van der Waals surface area contributed by atoms with Crippen molar-refractivity contribution in [2.75, 3.05) is 28.3 Å². The number of hydrogen-bond donors (Lipinski definition) is 2. The second-order valence-electron chi connectivity index (χ2n) is 5.81. The molecule has 2 N–H and O–H groups in total. The third-order valence-corrected chi connectivity index (χ3v) is 5.89. The number of sulfonamides is 1. The molecular formula is C15H21N5O5S. The molecule has 0 bridgehead atoms. The van der Waals surface area contributed by atoms with Gasteiger partial charge in [0.25, 0.3) is 5.91 Å². The van der Waals surface area contributed by atoms with Crippen LogP contribution in [0, 0.1) is 0 Å². The Kier molecular flexibility index (Phi) is 5.47. The molecule has 0 fully saturated rings.